The van der Waals surface area contributed by atoms with Crippen LogP contribution in [0.2, 0.25) is 0 Å². The van der Waals surface area contributed by atoms with Gasteiger partial charge in [0.2, 0.25) is 0 Å². The summed E-state index contributed by atoms with van der Waals surface area (Å²) in [6.07, 6.45) is 2.05. The average Bonchev–Trinajstić information content (AvgIpc) is 3.41. The van der Waals surface area contributed by atoms with Gasteiger partial charge in [-0.2, -0.15) is 0 Å². The maximum atomic E-state index is 2.44. The van der Waals surface area contributed by atoms with Gasteiger partial charge in [0, 0.05) is 0 Å². The lowest BCUT2D eigenvalue weighted by Gasteiger charge is -2.29. The number of allylic oxidation sites excluding steroid dienone is 2. The lowest BCUT2D eigenvalue weighted by molar-refractivity contribution is 0.659. The van der Waals surface area contributed by atoms with E-state index in [0.717, 1.165) is 12.8 Å². The van der Waals surface area contributed by atoms with Crippen LogP contribution in [0.4, 0.5) is 0 Å². The summed E-state index contributed by atoms with van der Waals surface area (Å²) in [6, 6.07) is 35.5. The van der Waals surface area contributed by atoms with Gasteiger partial charge in [0.1, 0.15) is 0 Å². The molecule has 0 bridgehead atoms. The number of rotatable bonds is 5. The molecule has 36 heavy (non-hydrogen) atoms. The maximum Gasteiger partial charge on any atom is 0.292 e. The SMILES string of the molecule is CC1=C(B(C2=C(C)Cc3cccc(-c4ccccc4)c32)N(C)C)c2c(cccc2-c2ccccc2)C1. The summed E-state index contributed by atoms with van der Waals surface area (Å²) in [6.45, 7) is 4.88. The van der Waals surface area contributed by atoms with E-state index >= 15 is 0 Å². The zero-order chi connectivity index (χ0) is 24.8. The molecule has 0 atom stereocenters. The Morgan fingerprint density at radius 1 is 0.528 bits per heavy atom. The molecule has 4 aromatic carbocycles. The molecule has 2 heteroatoms. The van der Waals surface area contributed by atoms with Crippen molar-refractivity contribution in [3.8, 4) is 22.3 Å². The molecular weight excluding hydrogens is 433 g/mol. The fourth-order valence-corrected chi connectivity index (χ4v) is 6.44. The van der Waals surface area contributed by atoms with Crippen molar-refractivity contribution in [2.75, 3.05) is 14.1 Å². The van der Waals surface area contributed by atoms with E-state index in [-0.39, 0.29) is 6.85 Å². The Labute approximate surface area is 215 Å². The normalized spacial score (nSPS) is 14.5. The molecule has 2 aliphatic rings. The minimum absolute atomic E-state index is 0.197. The second-order valence-electron chi connectivity index (χ2n) is 10.5. The van der Waals surface area contributed by atoms with Crippen molar-refractivity contribution in [3.63, 3.8) is 0 Å². The summed E-state index contributed by atoms with van der Waals surface area (Å²) in [5.74, 6) is 0. The van der Waals surface area contributed by atoms with Crippen LogP contribution in [0, 0.1) is 0 Å². The number of hydrogen-bond donors (Lipinski definition) is 0. The predicted octanol–water partition coefficient (Wildman–Crippen LogP) is 8.01. The van der Waals surface area contributed by atoms with E-state index in [1.165, 1.54) is 66.6 Å². The first-order chi connectivity index (χ1) is 17.5. The summed E-state index contributed by atoms with van der Waals surface area (Å²) >= 11 is 0. The largest absolute Gasteiger partial charge is 0.340 e. The molecule has 6 rings (SSSR count). The van der Waals surface area contributed by atoms with Gasteiger partial charge in [-0.15, -0.1) is 0 Å². The Morgan fingerprint density at radius 3 is 1.33 bits per heavy atom. The zero-order valence-corrected chi connectivity index (χ0v) is 21.7. The molecule has 2 aliphatic carbocycles. The lowest BCUT2D eigenvalue weighted by atomic mass is 9.44. The van der Waals surface area contributed by atoms with Gasteiger partial charge in [-0.3, -0.25) is 0 Å². The predicted molar refractivity (Wildman–Crippen MR) is 156 cm³/mol. The Bertz CT molecular complexity index is 1400. The molecular formula is C34H32BN. The molecule has 1 nitrogen and oxygen atoms in total. The minimum atomic E-state index is 0.197. The van der Waals surface area contributed by atoms with Crippen molar-refractivity contribution in [2.45, 2.75) is 26.7 Å². The van der Waals surface area contributed by atoms with E-state index in [0.29, 0.717) is 0 Å². The van der Waals surface area contributed by atoms with Gasteiger partial charge in [0.05, 0.1) is 0 Å². The van der Waals surface area contributed by atoms with Crippen LogP contribution in [0.3, 0.4) is 0 Å². The molecule has 0 amide bonds. The first-order valence-electron chi connectivity index (χ1n) is 13.0. The maximum absolute atomic E-state index is 2.44. The van der Waals surface area contributed by atoms with Gasteiger partial charge in [-0.05, 0) is 96.2 Å². The molecule has 0 fully saturated rings. The summed E-state index contributed by atoms with van der Waals surface area (Å²) in [4.78, 5) is 2.44. The molecule has 0 unspecified atom stereocenters. The second-order valence-corrected chi connectivity index (χ2v) is 10.5. The Balaban J connectivity index is 1.57. The summed E-state index contributed by atoms with van der Waals surface area (Å²) in [5.41, 5.74) is 17.0. The van der Waals surface area contributed by atoms with Crippen molar-refractivity contribution >= 4 is 17.8 Å². The molecule has 0 radical (unpaired) electrons. The first-order valence-corrected chi connectivity index (χ1v) is 13.0. The highest BCUT2D eigenvalue weighted by atomic mass is 15.0. The van der Waals surface area contributed by atoms with Crippen LogP contribution >= 0.6 is 0 Å². The molecule has 0 aliphatic heterocycles. The third-order valence-electron chi connectivity index (χ3n) is 7.90. The van der Waals surface area contributed by atoms with Crippen molar-refractivity contribution in [1.82, 2.24) is 4.81 Å². The topological polar surface area (TPSA) is 3.24 Å². The van der Waals surface area contributed by atoms with Crippen LogP contribution in [0.15, 0.2) is 108 Å². The van der Waals surface area contributed by atoms with Gasteiger partial charge >= 0.3 is 0 Å². The van der Waals surface area contributed by atoms with Gasteiger partial charge in [-0.25, -0.2) is 0 Å². The third kappa shape index (κ3) is 3.68. The van der Waals surface area contributed by atoms with Crippen LogP contribution in [0.1, 0.15) is 36.1 Å². The first kappa shape index (κ1) is 22.8. The molecule has 176 valence electrons. The Morgan fingerprint density at radius 2 is 0.944 bits per heavy atom. The van der Waals surface area contributed by atoms with E-state index in [1.54, 1.807) is 0 Å². The number of fused-ring (bicyclic) bond motifs is 2. The molecule has 4 aromatic rings. The average molecular weight is 465 g/mol. The monoisotopic (exact) mass is 465 g/mol. The number of hydrogen-bond acceptors (Lipinski definition) is 1. The highest BCUT2D eigenvalue weighted by Crippen LogP contribution is 2.48. The summed E-state index contributed by atoms with van der Waals surface area (Å²) in [7, 11) is 4.49. The highest BCUT2D eigenvalue weighted by molar-refractivity contribution is 6.93. The van der Waals surface area contributed by atoms with E-state index in [4.69, 9.17) is 0 Å². The van der Waals surface area contributed by atoms with Crippen molar-refractivity contribution < 1.29 is 0 Å². The highest BCUT2D eigenvalue weighted by Gasteiger charge is 2.39. The summed E-state index contributed by atoms with van der Waals surface area (Å²) < 4.78 is 0. The van der Waals surface area contributed by atoms with Crippen LogP contribution in [-0.4, -0.2) is 25.8 Å². The quantitative estimate of drug-likeness (QED) is 0.270. The second kappa shape index (κ2) is 9.11. The molecule has 0 aromatic heterocycles. The van der Waals surface area contributed by atoms with Crippen molar-refractivity contribution in [2.24, 2.45) is 0 Å². The van der Waals surface area contributed by atoms with Crippen molar-refractivity contribution in [3.05, 3.63) is 130 Å². The third-order valence-corrected chi connectivity index (χ3v) is 7.90. The van der Waals surface area contributed by atoms with E-state index in [2.05, 4.69) is 130 Å². The van der Waals surface area contributed by atoms with Crippen LogP contribution in [-0.2, 0) is 12.8 Å². The van der Waals surface area contributed by atoms with Gasteiger partial charge in [0.25, 0.3) is 6.85 Å². The fraction of sp³-hybridized carbons (Fsp3) is 0.176. The molecule has 0 heterocycles. The zero-order valence-electron chi connectivity index (χ0n) is 21.7. The molecule has 0 N–H and O–H groups in total. The van der Waals surface area contributed by atoms with E-state index in [1.807, 2.05) is 0 Å². The number of benzene rings is 4. The molecule has 0 spiro atoms. The summed E-state index contributed by atoms with van der Waals surface area (Å²) in [5, 5.41) is 0. The minimum Gasteiger partial charge on any atom is -0.340 e. The smallest absolute Gasteiger partial charge is 0.292 e. The molecule has 0 saturated heterocycles. The van der Waals surface area contributed by atoms with Crippen LogP contribution in [0.5, 0.6) is 0 Å². The van der Waals surface area contributed by atoms with Crippen LogP contribution in [0.25, 0.3) is 33.2 Å². The molecule has 0 saturated carbocycles. The van der Waals surface area contributed by atoms with Gasteiger partial charge in [-0.1, -0.05) is 108 Å². The Kier molecular flexibility index (Phi) is 5.78. The Hall–Kier alpha value is -3.62. The number of nitrogens with zero attached hydrogens (tertiary/aromatic N) is 1. The van der Waals surface area contributed by atoms with E-state index in [9.17, 15) is 0 Å². The van der Waals surface area contributed by atoms with Gasteiger partial charge in [0.15, 0.2) is 0 Å². The van der Waals surface area contributed by atoms with E-state index < -0.39 is 0 Å². The van der Waals surface area contributed by atoms with Crippen LogP contribution < -0.4 is 0 Å². The lowest BCUT2D eigenvalue weighted by Crippen LogP contribution is -2.36. The van der Waals surface area contributed by atoms with Gasteiger partial charge < -0.3 is 4.81 Å². The fourth-order valence-electron chi connectivity index (χ4n) is 6.44. The van der Waals surface area contributed by atoms with Crippen molar-refractivity contribution in [1.29, 1.82) is 0 Å². The standard InChI is InChI=1S/C34H32BN/c1-23-21-27-17-11-19-29(25-13-7-5-8-14-25)31(27)33(23)35(36(3)4)34-24(2)22-28-18-12-20-30(32(28)34)26-15-9-6-10-16-26/h5-20H,21-22H2,1-4H3.